The minimum atomic E-state index is -1.57. The van der Waals surface area contributed by atoms with Gasteiger partial charge in [0.2, 0.25) is 0 Å². The number of carbonyl (C=O) groups is 4. The molecule has 0 amide bonds. The molecule has 10 N–H and O–H groups in total. The van der Waals surface area contributed by atoms with Gasteiger partial charge in [-0.1, -0.05) is 80.1 Å². The van der Waals surface area contributed by atoms with E-state index in [2.05, 4.69) is 83.2 Å². The fourth-order valence-corrected chi connectivity index (χ4v) is 12.6. The summed E-state index contributed by atoms with van der Waals surface area (Å²) in [5, 5.41) is 73.8. The van der Waals surface area contributed by atoms with Gasteiger partial charge in [0.1, 0.15) is 17.9 Å². The number of esters is 4. The molecule has 0 spiro atoms. The van der Waals surface area contributed by atoms with E-state index in [-0.39, 0.29) is 143 Å². The number of hydrogen-bond acceptors (Lipinski definition) is 36. The Morgan fingerprint density at radius 2 is 0.933 bits per heavy atom. The average Bonchev–Trinajstić information content (AvgIpc) is 1.56. The van der Waals surface area contributed by atoms with Crippen molar-refractivity contribution < 1.29 is 179 Å². The van der Waals surface area contributed by atoms with Crippen molar-refractivity contribution in [1.82, 2.24) is 19.5 Å². The third-order valence-electron chi connectivity index (χ3n) is 18.5. The molecule has 0 radical (unpaired) electrons. The SMILES string of the molecule is C.C.C#C.CCOC(=O)/C=C\CC(OCC)OCC.CCOC(=O)C(O)[C@H](O)CC(OCC)OCC.CCOC(=O)[C@@H]1OC(OCC)C[C@H]1O.CCOC(=O)[C@H](O)[C@H](O)CC(OCC)OCC.CCOC1C[C@@H](C)[C@H](CC)O1.CCOC1C[C@@H](O)[C@H](CO)O1.CC[C@@H]1OC(n2cc(C)c(=O)[nH]c2=O)C[C@H]1C.CC[C@@H]1O[C@@H](Cl)C[C@H]1C.C[O-].Cc1c[nH]c(=O)[nH]c1=O.O=c1cccco1.[Na+]. The fraction of sp³-hybridized carbons (Fsp3) is 0.772. The van der Waals surface area contributed by atoms with Crippen molar-refractivity contribution in [3.05, 3.63) is 112 Å². The van der Waals surface area contributed by atoms with Gasteiger partial charge in [0.25, 0.3) is 11.1 Å². The molecule has 5 aliphatic rings. The quantitative estimate of drug-likeness (QED) is 0.00695. The molecule has 5 aliphatic heterocycles. The van der Waals surface area contributed by atoms with Gasteiger partial charge in [-0.25, -0.2) is 33.6 Å². The van der Waals surface area contributed by atoms with E-state index in [0.717, 1.165) is 52.2 Å². The number of ether oxygens (including phenoxy) is 18. The first-order chi connectivity index (χ1) is 62.4. The van der Waals surface area contributed by atoms with E-state index in [9.17, 15) is 73.8 Å². The molecule has 42 heteroatoms. The summed E-state index contributed by atoms with van der Waals surface area (Å²) >= 11 is 5.76. The van der Waals surface area contributed by atoms with Gasteiger partial charge >= 0.3 is 70.4 Å². The number of alkyl halides is 1. The van der Waals surface area contributed by atoms with Crippen molar-refractivity contribution in [2.24, 2.45) is 17.8 Å². The molecule has 0 aliphatic carbocycles. The maximum Gasteiger partial charge on any atom is 1.00 e. The summed E-state index contributed by atoms with van der Waals surface area (Å²) in [5.74, 6) is -0.789. The second kappa shape index (κ2) is 88.3. The number of hydrogen-bond donors (Lipinski definition) is 10. The molecule has 778 valence electrons. The van der Waals surface area contributed by atoms with Crippen molar-refractivity contribution in [2.75, 3.05) is 99.6 Å². The molecular weight excluding hydrogens is 1800 g/mol. The summed E-state index contributed by atoms with van der Waals surface area (Å²) in [7, 11) is 0.750. The molecule has 0 bridgehead atoms. The van der Waals surface area contributed by atoms with Crippen LogP contribution >= 0.6 is 11.6 Å². The van der Waals surface area contributed by atoms with Crippen LogP contribution in [0.1, 0.15) is 234 Å². The molecule has 134 heavy (non-hydrogen) atoms. The van der Waals surface area contributed by atoms with Gasteiger partial charge in [-0.15, -0.1) is 12.8 Å². The number of rotatable bonds is 39. The van der Waals surface area contributed by atoms with Gasteiger partial charge in [0, 0.05) is 134 Å². The summed E-state index contributed by atoms with van der Waals surface area (Å²) in [4.78, 5) is 105. The molecule has 8 rings (SSSR count). The van der Waals surface area contributed by atoms with Crippen molar-refractivity contribution in [2.45, 2.75) is 348 Å². The molecule has 5 fully saturated rings. The maximum absolute atomic E-state index is 11.7. The first-order valence-electron chi connectivity index (χ1n) is 44.8. The van der Waals surface area contributed by atoms with Gasteiger partial charge in [-0.3, -0.25) is 24.1 Å². The van der Waals surface area contributed by atoms with E-state index < -0.39 is 97.0 Å². The first-order valence-corrected chi connectivity index (χ1v) is 45.3. The van der Waals surface area contributed by atoms with Crippen LogP contribution in [-0.2, 0) is 104 Å². The Morgan fingerprint density at radius 3 is 1.29 bits per heavy atom. The summed E-state index contributed by atoms with van der Waals surface area (Å²) in [6.07, 6.45) is 12.8. The first kappa shape index (κ1) is 141. The molecule has 0 saturated carbocycles. The van der Waals surface area contributed by atoms with E-state index in [1.165, 1.54) is 29.2 Å². The van der Waals surface area contributed by atoms with Crippen LogP contribution in [0, 0.1) is 44.4 Å². The number of H-pyrrole nitrogens is 3. The number of halogens is 1. The van der Waals surface area contributed by atoms with Crippen LogP contribution in [0.2, 0.25) is 0 Å². The van der Waals surface area contributed by atoms with E-state index in [1.54, 1.807) is 93.6 Å². The second-order valence-corrected chi connectivity index (χ2v) is 28.9. The number of aromatic amines is 3. The Balaban J connectivity index is -0.000000268. The predicted molar refractivity (Wildman–Crippen MR) is 497 cm³/mol. The zero-order valence-corrected chi connectivity index (χ0v) is 84.7. The molecule has 40 nitrogen and oxygen atoms in total. The molecule has 5 saturated heterocycles. The monoisotopic (exact) mass is 1960 g/mol. The average molecular weight is 1960 g/mol. The number of terminal acetylenes is 1. The van der Waals surface area contributed by atoms with Gasteiger partial charge in [0.05, 0.1) is 82.0 Å². The molecule has 8 heterocycles. The summed E-state index contributed by atoms with van der Waals surface area (Å²) < 4.78 is 98.7. The van der Waals surface area contributed by atoms with Crippen LogP contribution in [0.15, 0.2) is 77.4 Å². The van der Waals surface area contributed by atoms with E-state index in [1.807, 2.05) is 34.6 Å². The number of aliphatic hydroxyl groups is 7. The van der Waals surface area contributed by atoms with Crippen LogP contribution in [0.25, 0.3) is 0 Å². The van der Waals surface area contributed by atoms with Crippen molar-refractivity contribution in [3.8, 4) is 12.8 Å². The fourth-order valence-electron chi connectivity index (χ4n) is 12.2. The smallest absolute Gasteiger partial charge is 0.857 e. The van der Waals surface area contributed by atoms with E-state index in [4.69, 9.17) is 97.6 Å². The summed E-state index contributed by atoms with van der Waals surface area (Å²) in [5.41, 5.74) is -0.814. The number of aliphatic hydroxyl groups excluding tert-OH is 7. The Kier molecular flexibility index (Phi) is 92.9. The van der Waals surface area contributed by atoms with Crippen LogP contribution in [-0.4, -0.2) is 289 Å². The predicted octanol–water partition coefficient (Wildman–Crippen LogP) is 4.83. The van der Waals surface area contributed by atoms with E-state index >= 15 is 0 Å². The zero-order chi connectivity index (χ0) is 101. The Bertz CT molecular complexity index is 3580. The van der Waals surface area contributed by atoms with Crippen molar-refractivity contribution in [3.63, 3.8) is 0 Å². The molecule has 5 unspecified atom stereocenters. The molecule has 0 aromatic carbocycles. The Hall–Kier alpha value is -6.10. The largest absolute Gasteiger partial charge is 1.00 e. The van der Waals surface area contributed by atoms with Gasteiger partial charge < -0.3 is 136 Å². The molecular formula is C92H166ClN4NaO36. The minimum absolute atomic E-state index is 0. The Morgan fingerprint density at radius 1 is 0.522 bits per heavy atom. The summed E-state index contributed by atoms with van der Waals surface area (Å²) in [6.45, 7) is 45.2. The van der Waals surface area contributed by atoms with Crippen molar-refractivity contribution in [1.29, 1.82) is 0 Å². The van der Waals surface area contributed by atoms with Crippen molar-refractivity contribution >= 4 is 35.5 Å². The number of aryl methyl sites for hydroxylation is 2. The minimum Gasteiger partial charge on any atom is -0.857 e. The van der Waals surface area contributed by atoms with E-state index in [0.29, 0.717) is 120 Å². The number of carbonyl (C=O) groups excluding carboxylic acids is 4. The zero-order valence-electron chi connectivity index (χ0n) is 81.9. The topological polar surface area (TPSA) is 550 Å². The van der Waals surface area contributed by atoms with Gasteiger partial charge in [0.15, 0.2) is 56.1 Å². The summed E-state index contributed by atoms with van der Waals surface area (Å²) in [6, 6.07) is 4.65. The van der Waals surface area contributed by atoms with Crippen LogP contribution in [0.5, 0.6) is 0 Å². The van der Waals surface area contributed by atoms with Crippen LogP contribution < -0.4 is 62.8 Å². The number of nitrogens with one attached hydrogen (secondary N) is 3. The third-order valence-corrected chi connectivity index (χ3v) is 18.8. The second-order valence-electron chi connectivity index (χ2n) is 28.4. The number of nitrogens with zero attached hydrogens (tertiary/aromatic N) is 1. The number of aromatic nitrogens is 4. The van der Waals surface area contributed by atoms with Crippen LogP contribution in [0.4, 0.5) is 0 Å². The molecule has 19 atom stereocenters. The third kappa shape index (κ3) is 63.5. The van der Waals surface area contributed by atoms with Gasteiger partial charge in [-0.05, 0) is 160 Å². The normalized spacial score (nSPS) is 22.2. The van der Waals surface area contributed by atoms with Crippen LogP contribution in [0.3, 0.4) is 0 Å². The Labute approximate surface area is 819 Å². The molecule has 3 aromatic rings. The van der Waals surface area contributed by atoms with Gasteiger partial charge in [-0.2, -0.15) is 7.11 Å². The standard InChI is InChI=1S/C12H18N2O3.2C11H22O6.C11H20O4.C9H16O5.C9H18O2.C7H13ClO.C7H14O4.C5H6N2O2.C5H4O2.C2H2.CH3O.2CH4.Na/c1-4-9-7(2)5-10(17-9)14-6-8(3)11(15)13-12(14)16;2*1-4-15-9(16-5-2)7-8(12)10(13)11(14)17-6-3;1-4-13-10(12)8-7-9-11(14-5-2)15-6-3;1-3-12-7-5-6(10)8(14-7)9(11)13-4-2;1-4-8-7(3)6-9(11-8)10-5-2;1-3-6-5(2)4-7(8)9-6;1-2-10-7-3-5(9)6(4-8)11-7;1-3-2-6-5(9)7-4(3)8;6-5-3-1-2-4-7-5;2*1-2;;;/h6-7,9-10H,4-5H2,1-3H3,(H,13,15,16);2*8-10,12-13H,4-7H2,1-3H3;7-8,11H,4-6,9H2,1-3H3;6-8,10H,3-5H2,1-2H3;7-9H,4-6H2,1-3H3;5-7H,3-4H2,1-2H3;5-9H,2-4H2,1H3;2H,1H3,(H2,6,7,8,9);1-4H;1-2H;1H3;2*1H4;/q;;;;;;;;;;;-1;;;+1/b;;;8-7-;;;;;;;;;;;/t7-,9+,10?;8-,10?;8-,10-;;6-,7?,8-;7-,8+,9?;5-,6+,7-;5-,6+,7?;;;;;;;/m111.1111......./s1. The maximum atomic E-state index is 11.7. The molecule has 3 aromatic heterocycles.